The van der Waals surface area contributed by atoms with Crippen LogP contribution in [0, 0.1) is 5.92 Å². The summed E-state index contributed by atoms with van der Waals surface area (Å²) in [6.07, 6.45) is 1.31. The second kappa shape index (κ2) is 4.46. The summed E-state index contributed by atoms with van der Waals surface area (Å²) < 4.78 is 25.6. The second-order valence-corrected chi connectivity index (χ2v) is 5.93. The highest BCUT2D eigenvalue weighted by atomic mass is 32.2. The van der Waals surface area contributed by atoms with E-state index < -0.39 is 10.0 Å². The molecule has 5 nitrogen and oxygen atoms in total. The third-order valence-corrected chi connectivity index (χ3v) is 4.34. The number of hydrogen-bond donors (Lipinski definition) is 1. The van der Waals surface area contributed by atoms with Gasteiger partial charge in [0.1, 0.15) is 11.2 Å². The minimum Gasteiger partial charge on any atom is -0.396 e. The Labute approximate surface area is 100 Å². The zero-order chi connectivity index (χ0) is 12.5. The van der Waals surface area contributed by atoms with Crippen molar-refractivity contribution in [1.82, 2.24) is 4.31 Å². The Balaban J connectivity index is 2.38. The number of aliphatic hydroxyl groups excluding tert-OH is 1. The Morgan fingerprint density at radius 1 is 1.41 bits per heavy atom. The average Bonchev–Trinajstić information content (AvgIpc) is 2.33. The normalized spacial score (nSPS) is 18.8. The molecule has 2 rings (SSSR count). The van der Waals surface area contributed by atoms with Gasteiger partial charge in [0.2, 0.25) is 0 Å². The molecule has 0 aliphatic carbocycles. The highest BCUT2D eigenvalue weighted by Gasteiger charge is 2.28. The fraction of sp³-hybridized carbons (Fsp3) is 0.364. The van der Waals surface area contributed by atoms with Crippen LogP contribution in [0.3, 0.4) is 0 Å². The maximum absolute atomic E-state index is 12.2. The van der Waals surface area contributed by atoms with Crippen molar-refractivity contribution in [2.45, 2.75) is 11.8 Å². The molecule has 0 radical (unpaired) electrons. The number of aliphatic imine (C=N–C) groups is 1. The van der Waals surface area contributed by atoms with E-state index in [0.29, 0.717) is 5.69 Å². The Kier molecular flexibility index (Phi) is 3.17. The Morgan fingerprint density at radius 3 is 2.82 bits per heavy atom. The number of para-hydroxylation sites is 1. The van der Waals surface area contributed by atoms with E-state index in [1.807, 2.05) is 0 Å². The number of rotatable bonds is 3. The summed E-state index contributed by atoms with van der Waals surface area (Å²) in [5, 5.41) is 8.96. The lowest BCUT2D eigenvalue weighted by Gasteiger charge is -2.25. The molecule has 0 saturated heterocycles. The number of nitrogens with zero attached hydrogens (tertiary/aromatic N) is 2. The lowest BCUT2D eigenvalue weighted by Crippen LogP contribution is -2.36. The second-order valence-electron chi connectivity index (χ2n) is 4.07. The van der Waals surface area contributed by atoms with Crippen molar-refractivity contribution >= 4 is 22.0 Å². The molecule has 6 heteroatoms. The molecule has 1 heterocycles. The van der Waals surface area contributed by atoms with Gasteiger partial charge in [-0.25, -0.2) is 13.4 Å². The van der Waals surface area contributed by atoms with Gasteiger partial charge in [0.05, 0.1) is 5.69 Å². The molecule has 1 aromatic rings. The van der Waals surface area contributed by atoms with Crippen LogP contribution in [0.4, 0.5) is 5.69 Å². The lowest BCUT2D eigenvalue weighted by molar-refractivity contribution is 0.227. The van der Waals surface area contributed by atoms with Crippen molar-refractivity contribution < 1.29 is 13.5 Å². The molecule has 0 saturated carbocycles. The molecule has 0 fully saturated rings. The first kappa shape index (κ1) is 12.1. The molecular weight excluding hydrogens is 240 g/mol. The van der Waals surface area contributed by atoms with E-state index in [9.17, 15) is 8.42 Å². The maximum Gasteiger partial charge on any atom is 0.267 e. The topological polar surface area (TPSA) is 70.0 Å². The molecule has 1 unspecified atom stereocenters. The minimum absolute atomic E-state index is 0.0541. The maximum atomic E-state index is 12.2. The van der Waals surface area contributed by atoms with Gasteiger partial charge in [-0.15, -0.1) is 0 Å². The van der Waals surface area contributed by atoms with E-state index in [4.69, 9.17) is 5.11 Å². The van der Waals surface area contributed by atoms with Crippen LogP contribution in [-0.4, -0.2) is 37.3 Å². The van der Waals surface area contributed by atoms with Gasteiger partial charge < -0.3 is 5.11 Å². The third kappa shape index (κ3) is 2.18. The van der Waals surface area contributed by atoms with Gasteiger partial charge in [-0.2, -0.15) is 0 Å². The molecule has 0 spiro atoms. The predicted octanol–water partition coefficient (Wildman–Crippen LogP) is 0.979. The highest BCUT2D eigenvalue weighted by molar-refractivity contribution is 7.89. The lowest BCUT2D eigenvalue weighted by atomic mass is 10.2. The zero-order valence-electron chi connectivity index (χ0n) is 9.44. The number of sulfonamides is 1. The van der Waals surface area contributed by atoms with Crippen molar-refractivity contribution in [3.05, 3.63) is 24.3 Å². The van der Waals surface area contributed by atoms with Crippen LogP contribution < -0.4 is 0 Å². The van der Waals surface area contributed by atoms with Crippen LogP contribution in [0.25, 0.3) is 0 Å². The van der Waals surface area contributed by atoms with Gasteiger partial charge >= 0.3 is 0 Å². The Bertz CT molecular complexity index is 539. The van der Waals surface area contributed by atoms with Crippen LogP contribution in [0.15, 0.2) is 34.2 Å². The monoisotopic (exact) mass is 254 g/mol. The zero-order valence-corrected chi connectivity index (χ0v) is 10.3. The number of fused-ring (bicyclic) bond motifs is 1. The first-order valence-corrected chi connectivity index (χ1v) is 6.75. The third-order valence-electron chi connectivity index (χ3n) is 2.58. The Morgan fingerprint density at radius 2 is 2.12 bits per heavy atom. The molecule has 0 aromatic heterocycles. The first-order valence-electron chi connectivity index (χ1n) is 5.31. The Hall–Kier alpha value is -1.40. The van der Waals surface area contributed by atoms with Crippen molar-refractivity contribution in [2.24, 2.45) is 10.9 Å². The number of aliphatic hydroxyl groups is 1. The highest BCUT2D eigenvalue weighted by Crippen LogP contribution is 2.29. The van der Waals surface area contributed by atoms with Gasteiger partial charge in [-0.05, 0) is 18.1 Å². The molecule has 1 atom stereocenters. The SMILES string of the molecule is CC(CO)CN1C=Nc2ccccc2S1(=O)=O. The molecule has 92 valence electrons. The van der Waals surface area contributed by atoms with Crippen LogP contribution in [-0.2, 0) is 10.0 Å². The van der Waals surface area contributed by atoms with Crippen molar-refractivity contribution in [3.63, 3.8) is 0 Å². The number of benzene rings is 1. The van der Waals surface area contributed by atoms with Crippen molar-refractivity contribution in [1.29, 1.82) is 0 Å². The van der Waals surface area contributed by atoms with Crippen molar-refractivity contribution in [3.8, 4) is 0 Å². The molecule has 0 amide bonds. The smallest absolute Gasteiger partial charge is 0.267 e. The molecule has 1 aliphatic heterocycles. The van der Waals surface area contributed by atoms with E-state index in [1.54, 1.807) is 25.1 Å². The summed E-state index contributed by atoms with van der Waals surface area (Å²) in [7, 11) is -3.52. The first-order chi connectivity index (χ1) is 8.05. The largest absolute Gasteiger partial charge is 0.396 e. The quantitative estimate of drug-likeness (QED) is 0.874. The summed E-state index contributed by atoms with van der Waals surface area (Å²) in [5.41, 5.74) is 0.459. The van der Waals surface area contributed by atoms with Gasteiger partial charge in [0.25, 0.3) is 10.0 Å². The number of hydrogen-bond acceptors (Lipinski definition) is 4. The van der Waals surface area contributed by atoms with E-state index in [-0.39, 0.29) is 24.0 Å². The fourth-order valence-electron chi connectivity index (χ4n) is 1.61. The van der Waals surface area contributed by atoms with Crippen LogP contribution in [0.2, 0.25) is 0 Å². The van der Waals surface area contributed by atoms with Crippen molar-refractivity contribution in [2.75, 3.05) is 13.2 Å². The molecule has 1 N–H and O–H groups in total. The van der Waals surface area contributed by atoms with E-state index in [0.717, 1.165) is 0 Å². The molecule has 0 bridgehead atoms. The summed E-state index contributed by atoms with van der Waals surface area (Å²) in [6.45, 7) is 1.96. The van der Waals surface area contributed by atoms with Gasteiger partial charge in [0.15, 0.2) is 0 Å². The standard InChI is InChI=1S/C11H14N2O3S/c1-9(7-14)6-13-8-12-10-4-2-3-5-11(10)17(13,15)16/h2-5,8-9,14H,6-7H2,1H3. The summed E-state index contributed by atoms with van der Waals surface area (Å²) in [6, 6.07) is 6.62. The molecule has 17 heavy (non-hydrogen) atoms. The van der Waals surface area contributed by atoms with Crippen LogP contribution >= 0.6 is 0 Å². The summed E-state index contributed by atoms with van der Waals surface area (Å²) in [4.78, 5) is 4.31. The molecule has 1 aromatic carbocycles. The van der Waals surface area contributed by atoms with Gasteiger partial charge in [-0.1, -0.05) is 19.1 Å². The van der Waals surface area contributed by atoms with Gasteiger partial charge in [0, 0.05) is 13.2 Å². The molecule has 1 aliphatic rings. The molecular formula is C11H14N2O3S. The van der Waals surface area contributed by atoms with E-state index in [2.05, 4.69) is 4.99 Å². The van der Waals surface area contributed by atoms with E-state index in [1.165, 1.54) is 16.7 Å². The summed E-state index contributed by atoms with van der Waals surface area (Å²) >= 11 is 0. The fourth-order valence-corrected chi connectivity index (χ4v) is 3.12. The van der Waals surface area contributed by atoms with E-state index >= 15 is 0 Å². The van der Waals surface area contributed by atoms with Crippen LogP contribution in [0.5, 0.6) is 0 Å². The minimum atomic E-state index is -3.52. The summed E-state index contributed by atoms with van der Waals surface area (Å²) in [5.74, 6) is -0.124. The average molecular weight is 254 g/mol. The van der Waals surface area contributed by atoms with Gasteiger partial charge in [-0.3, -0.25) is 4.31 Å². The predicted molar refractivity (Wildman–Crippen MR) is 64.7 cm³/mol. The van der Waals surface area contributed by atoms with Crippen LogP contribution in [0.1, 0.15) is 6.92 Å².